The summed E-state index contributed by atoms with van der Waals surface area (Å²) in [6.45, 7) is 0.902. The molecule has 0 N–H and O–H groups in total. The standard InChI is InChI=1S/C21H19N3O6/c1-14(25)22-13-20(26)23(12-16-3-7-17(8-4-16)24(28)29)19(21(22)27)11-15-5-9-18(30-2)10-6-15/h3-11H,12-13H2,1-2H3/b19-11+. The molecule has 9 heteroatoms. The zero-order valence-corrected chi connectivity index (χ0v) is 16.4. The van der Waals surface area contributed by atoms with Crippen LogP contribution in [0.5, 0.6) is 5.75 Å². The first kappa shape index (κ1) is 20.7. The minimum atomic E-state index is -0.583. The minimum absolute atomic E-state index is 0.0380. The van der Waals surface area contributed by atoms with Crippen LogP contribution in [0.25, 0.3) is 6.08 Å². The molecule has 9 nitrogen and oxygen atoms in total. The number of amides is 3. The number of hydrogen-bond donors (Lipinski definition) is 0. The van der Waals surface area contributed by atoms with E-state index in [0.717, 1.165) is 4.90 Å². The Hall–Kier alpha value is -4.01. The van der Waals surface area contributed by atoms with Gasteiger partial charge in [-0.05, 0) is 29.3 Å². The van der Waals surface area contributed by atoms with Crippen molar-refractivity contribution in [1.29, 1.82) is 0 Å². The molecule has 0 saturated carbocycles. The molecule has 3 rings (SSSR count). The van der Waals surface area contributed by atoms with Gasteiger partial charge in [-0.2, -0.15) is 0 Å². The summed E-state index contributed by atoms with van der Waals surface area (Å²) < 4.78 is 5.12. The van der Waals surface area contributed by atoms with Gasteiger partial charge in [-0.15, -0.1) is 0 Å². The van der Waals surface area contributed by atoms with Crippen LogP contribution < -0.4 is 4.74 Å². The van der Waals surface area contributed by atoms with Crippen molar-refractivity contribution < 1.29 is 24.0 Å². The van der Waals surface area contributed by atoms with Gasteiger partial charge in [0.15, 0.2) is 0 Å². The fourth-order valence-electron chi connectivity index (χ4n) is 3.01. The Labute approximate surface area is 172 Å². The Morgan fingerprint density at radius 3 is 2.30 bits per heavy atom. The van der Waals surface area contributed by atoms with E-state index in [1.165, 1.54) is 49.3 Å². The Balaban J connectivity index is 1.97. The van der Waals surface area contributed by atoms with Gasteiger partial charge in [0.1, 0.15) is 18.0 Å². The molecular weight excluding hydrogens is 390 g/mol. The van der Waals surface area contributed by atoms with Crippen LogP contribution in [0.3, 0.4) is 0 Å². The average Bonchev–Trinajstić information content (AvgIpc) is 2.73. The predicted octanol–water partition coefficient (Wildman–Crippen LogP) is 2.36. The smallest absolute Gasteiger partial charge is 0.277 e. The van der Waals surface area contributed by atoms with Gasteiger partial charge in [0, 0.05) is 19.1 Å². The van der Waals surface area contributed by atoms with Crippen LogP contribution in [-0.4, -0.2) is 46.1 Å². The maximum atomic E-state index is 12.9. The molecule has 1 fully saturated rings. The van der Waals surface area contributed by atoms with Crippen LogP contribution in [-0.2, 0) is 20.9 Å². The van der Waals surface area contributed by atoms with E-state index in [1.807, 2.05) is 0 Å². The molecule has 1 aliphatic heterocycles. The summed E-state index contributed by atoms with van der Waals surface area (Å²) in [7, 11) is 1.54. The third-order valence-corrected chi connectivity index (χ3v) is 4.64. The van der Waals surface area contributed by atoms with Gasteiger partial charge in [-0.25, -0.2) is 0 Å². The summed E-state index contributed by atoms with van der Waals surface area (Å²) in [5, 5.41) is 10.8. The highest BCUT2D eigenvalue weighted by atomic mass is 16.6. The van der Waals surface area contributed by atoms with Crippen LogP contribution in [0.2, 0.25) is 0 Å². The van der Waals surface area contributed by atoms with Gasteiger partial charge in [0.2, 0.25) is 11.8 Å². The Bertz CT molecular complexity index is 1030. The number of rotatable bonds is 5. The van der Waals surface area contributed by atoms with Crippen molar-refractivity contribution >= 4 is 29.5 Å². The lowest BCUT2D eigenvalue weighted by Gasteiger charge is -2.34. The number of benzene rings is 2. The van der Waals surface area contributed by atoms with Crippen LogP contribution >= 0.6 is 0 Å². The molecule has 0 aromatic heterocycles. The lowest BCUT2D eigenvalue weighted by Crippen LogP contribution is -2.53. The molecule has 0 spiro atoms. The summed E-state index contributed by atoms with van der Waals surface area (Å²) in [6, 6.07) is 12.6. The second-order valence-corrected chi connectivity index (χ2v) is 6.62. The molecule has 2 aromatic rings. The number of nitro groups is 1. The fourth-order valence-corrected chi connectivity index (χ4v) is 3.01. The highest BCUT2D eigenvalue weighted by Gasteiger charge is 2.36. The number of ether oxygens (including phenoxy) is 1. The van der Waals surface area contributed by atoms with Gasteiger partial charge >= 0.3 is 0 Å². The zero-order valence-electron chi connectivity index (χ0n) is 16.4. The molecule has 3 amide bonds. The molecule has 30 heavy (non-hydrogen) atoms. The maximum Gasteiger partial charge on any atom is 0.277 e. The number of nitrogens with zero attached hydrogens (tertiary/aromatic N) is 3. The first-order valence-electron chi connectivity index (χ1n) is 9.02. The molecule has 1 heterocycles. The summed E-state index contributed by atoms with van der Waals surface area (Å²) in [6.07, 6.45) is 1.53. The Kier molecular flexibility index (Phi) is 5.91. The van der Waals surface area contributed by atoms with E-state index in [-0.39, 0.29) is 24.5 Å². The third-order valence-electron chi connectivity index (χ3n) is 4.64. The van der Waals surface area contributed by atoms with Gasteiger partial charge < -0.3 is 9.64 Å². The zero-order chi connectivity index (χ0) is 21.8. The number of carbonyl (C=O) groups is 3. The number of piperazine rings is 1. The highest BCUT2D eigenvalue weighted by Crippen LogP contribution is 2.24. The number of carbonyl (C=O) groups excluding carboxylic acids is 3. The van der Waals surface area contributed by atoms with Crippen molar-refractivity contribution in [3.63, 3.8) is 0 Å². The van der Waals surface area contributed by atoms with Crippen molar-refractivity contribution in [2.75, 3.05) is 13.7 Å². The minimum Gasteiger partial charge on any atom is -0.497 e. The van der Waals surface area contributed by atoms with Crippen molar-refractivity contribution in [3.8, 4) is 5.75 Å². The van der Waals surface area contributed by atoms with Crippen LogP contribution in [0.15, 0.2) is 54.2 Å². The van der Waals surface area contributed by atoms with Crippen LogP contribution in [0.4, 0.5) is 5.69 Å². The first-order valence-corrected chi connectivity index (χ1v) is 9.02. The van der Waals surface area contributed by atoms with Crippen molar-refractivity contribution in [3.05, 3.63) is 75.5 Å². The highest BCUT2D eigenvalue weighted by molar-refractivity contribution is 6.12. The van der Waals surface area contributed by atoms with Crippen molar-refractivity contribution in [2.45, 2.75) is 13.5 Å². The molecule has 154 valence electrons. The van der Waals surface area contributed by atoms with Gasteiger partial charge in [0.05, 0.1) is 18.6 Å². The molecular formula is C21H19N3O6. The Morgan fingerprint density at radius 1 is 1.13 bits per heavy atom. The van der Waals surface area contributed by atoms with Crippen molar-refractivity contribution in [2.24, 2.45) is 0 Å². The quantitative estimate of drug-likeness (QED) is 0.426. The third kappa shape index (κ3) is 4.35. The SMILES string of the molecule is COc1ccc(/C=C2\C(=O)N(C(C)=O)CC(=O)N2Cc2ccc([N+](=O)[O-])cc2)cc1. The second kappa shape index (κ2) is 8.56. The summed E-state index contributed by atoms with van der Waals surface area (Å²) >= 11 is 0. The van der Waals surface area contributed by atoms with E-state index >= 15 is 0 Å². The largest absolute Gasteiger partial charge is 0.497 e. The lowest BCUT2D eigenvalue weighted by molar-refractivity contribution is -0.384. The average molecular weight is 409 g/mol. The molecule has 2 aromatic carbocycles. The Morgan fingerprint density at radius 2 is 1.77 bits per heavy atom. The lowest BCUT2D eigenvalue weighted by atomic mass is 10.1. The van der Waals surface area contributed by atoms with E-state index in [4.69, 9.17) is 4.74 Å². The predicted molar refractivity (Wildman–Crippen MR) is 107 cm³/mol. The first-order chi connectivity index (χ1) is 14.3. The molecule has 0 aliphatic carbocycles. The van der Waals surface area contributed by atoms with E-state index < -0.39 is 22.6 Å². The summed E-state index contributed by atoms with van der Waals surface area (Å²) in [4.78, 5) is 50.0. The number of non-ortho nitro benzene ring substituents is 1. The number of methoxy groups -OCH3 is 1. The maximum absolute atomic E-state index is 12.9. The van der Waals surface area contributed by atoms with E-state index in [1.54, 1.807) is 24.3 Å². The van der Waals surface area contributed by atoms with Gasteiger partial charge in [-0.3, -0.25) is 29.4 Å². The van der Waals surface area contributed by atoms with E-state index in [0.29, 0.717) is 16.9 Å². The van der Waals surface area contributed by atoms with Crippen LogP contribution in [0, 0.1) is 10.1 Å². The molecule has 0 unspecified atom stereocenters. The fraction of sp³-hybridized carbons (Fsp3) is 0.190. The normalized spacial score (nSPS) is 15.5. The molecule has 1 saturated heterocycles. The van der Waals surface area contributed by atoms with E-state index in [9.17, 15) is 24.5 Å². The van der Waals surface area contributed by atoms with Gasteiger partial charge in [0.25, 0.3) is 11.6 Å². The number of nitro benzene ring substituents is 1. The van der Waals surface area contributed by atoms with Gasteiger partial charge in [-0.1, -0.05) is 24.3 Å². The topological polar surface area (TPSA) is 110 Å². The van der Waals surface area contributed by atoms with Crippen LogP contribution in [0.1, 0.15) is 18.1 Å². The van der Waals surface area contributed by atoms with E-state index in [2.05, 4.69) is 0 Å². The molecule has 0 atom stereocenters. The molecule has 0 radical (unpaired) electrons. The summed E-state index contributed by atoms with van der Waals surface area (Å²) in [5.74, 6) is -0.900. The number of imide groups is 1. The molecule has 0 bridgehead atoms. The van der Waals surface area contributed by atoms with Crippen molar-refractivity contribution in [1.82, 2.24) is 9.80 Å². The second-order valence-electron chi connectivity index (χ2n) is 6.62. The molecule has 1 aliphatic rings. The summed E-state index contributed by atoms with van der Waals surface area (Å²) in [5.41, 5.74) is 1.23. The number of hydrogen-bond acceptors (Lipinski definition) is 6. The monoisotopic (exact) mass is 409 g/mol.